The molecular formula is C18H27F3N4O4. The van der Waals surface area contributed by atoms with E-state index in [1.165, 1.54) is 5.56 Å². The molecule has 3 atom stereocenters. The number of rotatable bonds is 4. The third-order valence-corrected chi connectivity index (χ3v) is 5.32. The minimum atomic E-state index is -5.08. The fraction of sp³-hybridized carbons (Fsp3) is 0.722. The molecule has 2 N–H and O–H groups in total. The maximum atomic E-state index is 12.2. The number of carbonyl (C=O) groups is 2. The summed E-state index contributed by atoms with van der Waals surface area (Å²) in [5.41, 5.74) is 1.24. The molecule has 1 aromatic heterocycles. The predicted octanol–water partition coefficient (Wildman–Crippen LogP) is 1.27. The first-order valence-corrected chi connectivity index (χ1v) is 9.38. The number of likely N-dealkylation sites (tertiary alicyclic amines) is 1. The zero-order valence-electron chi connectivity index (χ0n) is 16.5. The maximum Gasteiger partial charge on any atom is 0.490 e. The van der Waals surface area contributed by atoms with Crippen molar-refractivity contribution in [2.24, 2.45) is 24.8 Å². The highest BCUT2D eigenvalue weighted by atomic mass is 19.4. The zero-order valence-corrected chi connectivity index (χ0v) is 16.5. The van der Waals surface area contributed by atoms with Crippen molar-refractivity contribution in [3.63, 3.8) is 0 Å². The number of aryl methyl sites for hydroxylation is 1. The summed E-state index contributed by atoms with van der Waals surface area (Å²) in [6.07, 6.45) is 0.931. The van der Waals surface area contributed by atoms with Gasteiger partial charge < -0.3 is 15.2 Å². The Bertz CT molecular complexity index is 695. The molecule has 0 saturated carbocycles. The van der Waals surface area contributed by atoms with Crippen LogP contribution in [-0.4, -0.2) is 71.2 Å². The number of aliphatic carboxylic acids is 1. The first kappa shape index (κ1) is 23.1. The fourth-order valence-corrected chi connectivity index (χ4v) is 3.95. The molecule has 2 aliphatic rings. The summed E-state index contributed by atoms with van der Waals surface area (Å²) in [6, 6.07) is 0. The van der Waals surface area contributed by atoms with E-state index in [0.717, 1.165) is 45.6 Å². The summed E-state index contributed by atoms with van der Waals surface area (Å²) in [4.78, 5) is 23.6. The van der Waals surface area contributed by atoms with Crippen molar-refractivity contribution < 1.29 is 32.6 Å². The fourth-order valence-electron chi connectivity index (χ4n) is 3.95. The third-order valence-electron chi connectivity index (χ3n) is 5.32. The Balaban J connectivity index is 0.000000370. The average molecular weight is 420 g/mol. The Hall–Kier alpha value is -2.14. The lowest BCUT2D eigenvalue weighted by Gasteiger charge is -2.36. The van der Waals surface area contributed by atoms with Gasteiger partial charge in [-0.2, -0.15) is 18.3 Å². The first-order chi connectivity index (χ1) is 13.6. The molecule has 0 aromatic carbocycles. The molecule has 8 nitrogen and oxygen atoms in total. The number of hydrogen-bond donors (Lipinski definition) is 2. The second kappa shape index (κ2) is 10.1. The quantitative estimate of drug-likeness (QED) is 0.762. The smallest absolute Gasteiger partial charge is 0.475 e. The first-order valence-electron chi connectivity index (χ1n) is 9.38. The summed E-state index contributed by atoms with van der Waals surface area (Å²) in [5.74, 6) is -1.47. The van der Waals surface area contributed by atoms with Gasteiger partial charge in [0.2, 0.25) is 5.91 Å². The molecule has 2 saturated heterocycles. The van der Waals surface area contributed by atoms with Gasteiger partial charge in [-0.3, -0.25) is 14.4 Å². The number of ether oxygens (including phenoxy) is 1. The normalized spacial score (nSPS) is 25.3. The van der Waals surface area contributed by atoms with Crippen LogP contribution in [0.1, 0.15) is 18.4 Å². The number of halogens is 3. The van der Waals surface area contributed by atoms with Crippen LogP contribution in [0.15, 0.2) is 12.4 Å². The molecule has 3 rings (SSSR count). The highest BCUT2D eigenvalue weighted by Crippen LogP contribution is 2.34. The van der Waals surface area contributed by atoms with Gasteiger partial charge >= 0.3 is 12.1 Å². The molecular weight excluding hydrogens is 393 g/mol. The molecule has 0 bridgehead atoms. The van der Waals surface area contributed by atoms with Crippen molar-refractivity contribution in [3.05, 3.63) is 18.0 Å². The van der Waals surface area contributed by atoms with E-state index in [4.69, 9.17) is 14.6 Å². The summed E-state index contributed by atoms with van der Waals surface area (Å²) < 4.78 is 38.9. The topological polar surface area (TPSA) is 96.7 Å². The lowest BCUT2D eigenvalue weighted by Crippen LogP contribution is -2.49. The number of alkyl halides is 3. The number of carbonyl (C=O) groups excluding carboxylic acids is 1. The van der Waals surface area contributed by atoms with E-state index >= 15 is 0 Å². The molecule has 0 spiro atoms. The van der Waals surface area contributed by atoms with Gasteiger partial charge in [0.05, 0.1) is 12.8 Å². The molecule has 0 unspecified atom stereocenters. The maximum absolute atomic E-state index is 12.2. The van der Waals surface area contributed by atoms with E-state index in [1.54, 1.807) is 7.11 Å². The van der Waals surface area contributed by atoms with Crippen molar-refractivity contribution in [1.82, 2.24) is 20.0 Å². The number of amides is 1. The molecule has 164 valence electrons. The Kier molecular flexibility index (Phi) is 8.03. The average Bonchev–Trinajstić information content (AvgIpc) is 2.92. The number of methoxy groups -OCH3 is 1. The Morgan fingerprint density at radius 1 is 1.38 bits per heavy atom. The van der Waals surface area contributed by atoms with Crippen LogP contribution < -0.4 is 5.32 Å². The minimum Gasteiger partial charge on any atom is -0.475 e. The summed E-state index contributed by atoms with van der Waals surface area (Å²) in [6.45, 7) is 4.44. The molecule has 29 heavy (non-hydrogen) atoms. The van der Waals surface area contributed by atoms with Crippen LogP contribution in [-0.2, 0) is 27.9 Å². The zero-order chi connectivity index (χ0) is 21.6. The van der Waals surface area contributed by atoms with Gasteiger partial charge in [-0.25, -0.2) is 4.79 Å². The van der Waals surface area contributed by atoms with Crippen LogP contribution in [0, 0.1) is 17.8 Å². The van der Waals surface area contributed by atoms with Crippen molar-refractivity contribution in [2.45, 2.75) is 25.6 Å². The molecule has 0 radical (unpaired) electrons. The van der Waals surface area contributed by atoms with E-state index in [0.29, 0.717) is 11.8 Å². The van der Waals surface area contributed by atoms with E-state index < -0.39 is 12.1 Å². The lowest BCUT2D eigenvalue weighted by atomic mass is 9.75. The number of nitrogens with one attached hydrogen (secondary N) is 1. The molecule has 11 heteroatoms. The molecule has 3 heterocycles. The Morgan fingerprint density at radius 3 is 2.59 bits per heavy atom. The van der Waals surface area contributed by atoms with Gasteiger partial charge in [0.25, 0.3) is 0 Å². The van der Waals surface area contributed by atoms with E-state index in [2.05, 4.69) is 21.5 Å². The van der Waals surface area contributed by atoms with Crippen LogP contribution in [0.4, 0.5) is 13.2 Å². The second-order valence-electron chi connectivity index (χ2n) is 7.41. The van der Waals surface area contributed by atoms with E-state index in [1.807, 2.05) is 17.9 Å². The van der Waals surface area contributed by atoms with Gasteiger partial charge in [0, 0.05) is 50.8 Å². The summed E-state index contributed by atoms with van der Waals surface area (Å²) in [5, 5.41) is 14.4. The lowest BCUT2D eigenvalue weighted by molar-refractivity contribution is -0.192. The van der Waals surface area contributed by atoms with Crippen molar-refractivity contribution >= 4 is 11.9 Å². The molecule has 2 fully saturated rings. The van der Waals surface area contributed by atoms with Crippen LogP contribution in [0.5, 0.6) is 0 Å². The van der Waals surface area contributed by atoms with Crippen molar-refractivity contribution in [1.29, 1.82) is 0 Å². The van der Waals surface area contributed by atoms with Crippen LogP contribution >= 0.6 is 0 Å². The number of nitrogens with zero attached hydrogens (tertiary/aromatic N) is 3. The van der Waals surface area contributed by atoms with Crippen molar-refractivity contribution in [3.8, 4) is 0 Å². The van der Waals surface area contributed by atoms with Gasteiger partial charge in [-0.05, 0) is 31.8 Å². The van der Waals surface area contributed by atoms with Gasteiger partial charge in [-0.15, -0.1) is 0 Å². The number of carboxylic acid groups (broad SMARTS) is 1. The van der Waals surface area contributed by atoms with Gasteiger partial charge in [0.1, 0.15) is 0 Å². The SMILES string of the molecule is COC[C@H]1CNC(=O)[C@@H]2CCN(Cc3cnn(C)c3)CC[C@H]12.O=C(O)C(F)(F)F. The third kappa shape index (κ3) is 6.70. The molecule has 1 aromatic rings. The predicted molar refractivity (Wildman–Crippen MR) is 96.8 cm³/mol. The highest BCUT2D eigenvalue weighted by Gasteiger charge is 2.40. The number of piperidine rings is 1. The molecule has 1 amide bonds. The minimum absolute atomic E-state index is 0.146. The standard InChI is InChI=1S/C16H26N4O2.C2HF3O2/c1-19-9-12(7-18-19)10-20-5-3-14-13(11-22-2)8-17-16(21)15(14)4-6-20;3-2(4,5)1(6)7/h7,9,13-15H,3-6,8,10-11H2,1-2H3,(H,17,21);(H,6,7)/t13-,14-,15-;/m1./s1. The Labute approximate surface area is 167 Å². The van der Waals surface area contributed by atoms with Gasteiger partial charge in [-0.1, -0.05) is 0 Å². The van der Waals surface area contributed by atoms with Crippen LogP contribution in [0.25, 0.3) is 0 Å². The number of hydrogen-bond acceptors (Lipinski definition) is 5. The molecule has 0 aliphatic carbocycles. The number of aromatic nitrogens is 2. The number of fused-ring (bicyclic) bond motifs is 1. The largest absolute Gasteiger partial charge is 0.490 e. The summed E-state index contributed by atoms with van der Waals surface area (Å²) >= 11 is 0. The Morgan fingerprint density at radius 2 is 2.03 bits per heavy atom. The van der Waals surface area contributed by atoms with Crippen LogP contribution in [0.2, 0.25) is 0 Å². The van der Waals surface area contributed by atoms with Crippen molar-refractivity contribution in [2.75, 3.05) is 33.4 Å². The summed E-state index contributed by atoms with van der Waals surface area (Å²) in [7, 11) is 3.69. The monoisotopic (exact) mass is 420 g/mol. The highest BCUT2D eigenvalue weighted by molar-refractivity contribution is 5.79. The van der Waals surface area contributed by atoms with E-state index in [-0.39, 0.29) is 11.8 Å². The number of carboxylic acids is 1. The van der Waals surface area contributed by atoms with Gasteiger partial charge in [0.15, 0.2) is 0 Å². The molecule has 2 aliphatic heterocycles. The van der Waals surface area contributed by atoms with E-state index in [9.17, 15) is 18.0 Å². The second-order valence-corrected chi connectivity index (χ2v) is 7.41. The van der Waals surface area contributed by atoms with Crippen LogP contribution in [0.3, 0.4) is 0 Å².